The Balaban J connectivity index is 2.07. The number of rotatable bonds is 6. The lowest BCUT2D eigenvalue weighted by Gasteiger charge is -2.36. The van der Waals surface area contributed by atoms with Gasteiger partial charge in [0.2, 0.25) is 9.84 Å². The summed E-state index contributed by atoms with van der Waals surface area (Å²) in [6, 6.07) is 33.8. The molecule has 2 nitrogen and oxygen atoms in total. The topological polar surface area (TPSA) is 34.1 Å². The maximum absolute atomic E-state index is 17.6. The Morgan fingerprint density at radius 2 is 0.453 bits per heavy atom. The zero-order chi connectivity index (χ0) is 57.1. The van der Waals surface area contributed by atoms with Crippen molar-refractivity contribution < 1.29 is 8.42 Å². The molecular weight excluding hydrogens is 929 g/mol. The SMILES string of the molecule is Cc1cc(C(C)(C)C)c(-c2[c]ccc(S(=O)(=O)c3cc[c]c(-c4c(C(C)(C)C)cc(C)cc4C(C)(C)C)c3-c3c(C(C)(C)C)cc(C)cc3C(C)(C)C)c2-c2c(C(C)(C)C)cc(C)cc2C(C)(C)C)c(C(C)(C)C)c1. The average Bonchev–Trinajstić information content (AvgIpc) is 3.22. The van der Waals surface area contributed by atoms with Gasteiger partial charge in [0.25, 0.3) is 0 Å². The van der Waals surface area contributed by atoms with Crippen molar-refractivity contribution in [2.24, 2.45) is 0 Å². The van der Waals surface area contributed by atoms with Crippen LogP contribution in [0.1, 0.15) is 233 Å². The second-order valence-corrected chi connectivity index (χ2v) is 32.5. The minimum absolute atomic E-state index is 0.285. The quantitative estimate of drug-likeness (QED) is 0.167. The predicted molar refractivity (Wildman–Crippen MR) is 326 cm³/mol. The summed E-state index contributed by atoms with van der Waals surface area (Å²) in [6.45, 7) is 63.3. The molecule has 3 heteroatoms. The minimum Gasteiger partial charge on any atom is -0.218 e. The Hall–Kier alpha value is -4.73. The van der Waals surface area contributed by atoms with Gasteiger partial charge >= 0.3 is 0 Å². The van der Waals surface area contributed by atoms with Crippen molar-refractivity contribution in [2.75, 3.05) is 0 Å². The maximum Gasteiger partial charge on any atom is 0.207 e. The first-order chi connectivity index (χ1) is 33.7. The number of benzene rings is 6. The van der Waals surface area contributed by atoms with E-state index >= 15 is 8.42 Å². The predicted octanol–water partition coefficient (Wildman–Crippen LogP) is 20.4. The highest BCUT2D eigenvalue weighted by molar-refractivity contribution is 7.91. The van der Waals surface area contributed by atoms with Crippen LogP contribution in [0.4, 0.5) is 0 Å². The molecule has 6 aromatic rings. The highest BCUT2D eigenvalue weighted by Crippen LogP contribution is 2.55. The van der Waals surface area contributed by atoms with E-state index in [0.717, 1.165) is 66.8 Å². The van der Waals surface area contributed by atoms with Crippen LogP contribution >= 0.6 is 0 Å². The Bertz CT molecular complexity index is 2940. The fourth-order valence-corrected chi connectivity index (χ4v) is 13.0. The fraction of sp³-hybridized carbons (Fsp3) is 0.500. The van der Waals surface area contributed by atoms with Gasteiger partial charge in [-0.2, -0.15) is 0 Å². The van der Waals surface area contributed by atoms with Gasteiger partial charge in [-0.1, -0.05) is 249 Å². The van der Waals surface area contributed by atoms with Crippen LogP contribution in [0.5, 0.6) is 0 Å². The second-order valence-electron chi connectivity index (χ2n) is 30.6. The normalized spacial score (nSPS) is 13.7. The number of hydrogen-bond donors (Lipinski definition) is 0. The van der Waals surface area contributed by atoms with Crippen molar-refractivity contribution in [2.45, 2.75) is 247 Å². The van der Waals surface area contributed by atoms with E-state index in [9.17, 15) is 0 Å². The van der Waals surface area contributed by atoms with Crippen molar-refractivity contribution in [1.82, 2.24) is 0 Å². The van der Waals surface area contributed by atoms with Crippen LogP contribution in [-0.4, -0.2) is 8.42 Å². The molecule has 0 saturated heterocycles. The molecule has 0 aliphatic carbocycles. The summed E-state index contributed by atoms with van der Waals surface area (Å²) in [5.41, 5.74) is 18.3. The first kappa shape index (κ1) is 59.5. The molecule has 0 saturated carbocycles. The summed E-state index contributed by atoms with van der Waals surface area (Å²) >= 11 is 0. The summed E-state index contributed by atoms with van der Waals surface area (Å²) in [6.07, 6.45) is 0. The number of sulfone groups is 1. The van der Waals surface area contributed by atoms with Gasteiger partial charge in [-0.3, -0.25) is 0 Å². The van der Waals surface area contributed by atoms with Gasteiger partial charge in [-0.25, -0.2) is 8.42 Å². The molecule has 402 valence electrons. The van der Waals surface area contributed by atoms with E-state index in [2.05, 4.69) is 255 Å². The smallest absolute Gasteiger partial charge is 0.207 e. The summed E-state index contributed by atoms with van der Waals surface area (Å²) in [5, 5.41) is 0. The van der Waals surface area contributed by atoms with Crippen molar-refractivity contribution in [1.29, 1.82) is 0 Å². The standard InChI is InChI=1S/C72H96O2S/c1-43-35-49(65(5,6)7)59(50(36-43)66(8,9)10)47-31-29-33-57(61(47)63-53(69(17,18)19)39-45(3)40-54(63)70(20,21)22)75(73,74)58-34-30-32-48(60-51(67(11,12)13)37-44(2)38-52(60)68(14,15)16)62(58)64-55(71(23,24)25)41-46(4)42-56(64)72(26,27)28/h29-30,33-42H,1-28H3. The van der Waals surface area contributed by atoms with Crippen LogP contribution in [-0.2, 0) is 53.2 Å². The van der Waals surface area contributed by atoms with Crippen LogP contribution in [0.3, 0.4) is 0 Å². The Morgan fingerprint density at radius 3 is 0.627 bits per heavy atom. The first-order valence-corrected chi connectivity index (χ1v) is 29.2. The Kier molecular flexibility index (Phi) is 15.3. The van der Waals surface area contributed by atoms with Crippen molar-refractivity contribution in [3.8, 4) is 44.5 Å². The van der Waals surface area contributed by atoms with E-state index in [1.165, 1.54) is 33.4 Å². The van der Waals surface area contributed by atoms with Crippen LogP contribution in [0.2, 0.25) is 0 Å². The van der Waals surface area contributed by atoms with Gasteiger partial charge in [-0.05, 0) is 173 Å². The lowest BCUT2D eigenvalue weighted by Crippen LogP contribution is -2.23. The first-order valence-electron chi connectivity index (χ1n) is 27.7. The molecule has 6 rings (SSSR count). The van der Waals surface area contributed by atoms with E-state index in [0.29, 0.717) is 11.1 Å². The highest BCUT2D eigenvalue weighted by atomic mass is 32.2. The van der Waals surface area contributed by atoms with Gasteiger partial charge in [0.1, 0.15) is 0 Å². The second kappa shape index (κ2) is 19.3. The van der Waals surface area contributed by atoms with Gasteiger partial charge in [0.15, 0.2) is 0 Å². The zero-order valence-corrected chi connectivity index (χ0v) is 53.0. The molecule has 0 N–H and O–H groups in total. The molecule has 0 aromatic heterocycles. The number of hydrogen-bond acceptors (Lipinski definition) is 2. The van der Waals surface area contributed by atoms with Crippen LogP contribution in [0.15, 0.2) is 82.6 Å². The third-order valence-electron chi connectivity index (χ3n) is 15.1. The maximum atomic E-state index is 17.6. The van der Waals surface area contributed by atoms with Gasteiger partial charge in [-0.15, -0.1) is 0 Å². The number of aryl methyl sites for hydroxylation is 4. The van der Waals surface area contributed by atoms with Crippen LogP contribution in [0.25, 0.3) is 44.5 Å². The molecular formula is C72H96O2S. The van der Waals surface area contributed by atoms with E-state index < -0.39 is 9.84 Å². The largest absolute Gasteiger partial charge is 0.218 e. The lowest BCUT2D eigenvalue weighted by atomic mass is 9.69. The van der Waals surface area contributed by atoms with Crippen LogP contribution < -0.4 is 0 Å². The Labute approximate surface area is 458 Å². The van der Waals surface area contributed by atoms with Gasteiger partial charge in [0.05, 0.1) is 9.79 Å². The summed E-state index contributed by atoms with van der Waals surface area (Å²) in [5.74, 6) is 0. The van der Waals surface area contributed by atoms with E-state index in [1.807, 2.05) is 24.3 Å². The zero-order valence-electron chi connectivity index (χ0n) is 52.2. The van der Waals surface area contributed by atoms with E-state index in [4.69, 9.17) is 0 Å². The molecule has 0 fully saturated rings. The summed E-state index contributed by atoms with van der Waals surface area (Å²) in [4.78, 5) is 0.569. The molecule has 0 spiro atoms. The molecule has 0 atom stereocenters. The Morgan fingerprint density at radius 1 is 0.280 bits per heavy atom. The molecule has 0 aliphatic rings. The molecule has 0 heterocycles. The minimum atomic E-state index is -4.48. The van der Waals surface area contributed by atoms with Gasteiger partial charge < -0.3 is 0 Å². The van der Waals surface area contributed by atoms with Gasteiger partial charge in [0, 0.05) is 11.1 Å². The molecule has 6 aromatic carbocycles. The molecule has 0 bridgehead atoms. The average molecular weight is 1030 g/mol. The molecule has 75 heavy (non-hydrogen) atoms. The van der Waals surface area contributed by atoms with Crippen molar-refractivity contribution in [3.05, 3.63) is 152 Å². The van der Waals surface area contributed by atoms with Crippen molar-refractivity contribution >= 4 is 9.84 Å². The summed E-state index contributed by atoms with van der Waals surface area (Å²) in [7, 11) is -4.48. The molecule has 0 unspecified atom stereocenters. The fourth-order valence-electron chi connectivity index (χ4n) is 11.4. The van der Waals surface area contributed by atoms with E-state index in [-0.39, 0.29) is 53.1 Å². The molecule has 0 aliphatic heterocycles. The van der Waals surface area contributed by atoms with Crippen molar-refractivity contribution in [3.63, 3.8) is 0 Å². The third kappa shape index (κ3) is 11.8. The highest BCUT2D eigenvalue weighted by Gasteiger charge is 2.40. The van der Waals surface area contributed by atoms with E-state index in [1.54, 1.807) is 0 Å². The van der Waals surface area contributed by atoms with Crippen LogP contribution in [0, 0.1) is 39.8 Å². The third-order valence-corrected chi connectivity index (χ3v) is 16.9. The lowest BCUT2D eigenvalue weighted by molar-refractivity contribution is 0.568. The molecule has 0 amide bonds. The summed E-state index contributed by atoms with van der Waals surface area (Å²) < 4.78 is 35.1. The monoisotopic (exact) mass is 1020 g/mol. The molecule has 2 radical (unpaired) electrons.